The fourth-order valence-corrected chi connectivity index (χ4v) is 4.61. The maximum atomic E-state index is 12.9. The Labute approximate surface area is 189 Å². The molecule has 1 N–H and O–H groups in total. The van der Waals surface area contributed by atoms with Crippen molar-refractivity contribution in [2.75, 3.05) is 29.4 Å². The number of carbonyl (C=O) groups is 1. The van der Waals surface area contributed by atoms with Gasteiger partial charge in [0.1, 0.15) is 6.54 Å². The van der Waals surface area contributed by atoms with E-state index in [1.165, 1.54) is 6.07 Å². The van der Waals surface area contributed by atoms with Gasteiger partial charge in [-0.25, -0.2) is 8.42 Å². The zero-order valence-electron chi connectivity index (χ0n) is 16.7. The minimum Gasteiger partial charge on any atom is -0.354 e. The van der Waals surface area contributed by atoms with Crippen LogP contribution < -0.4 is 9.62 Å². The molecule has 1 amide bonds. The predicted molar refractivity (Wildman–Crippen MR) is 119 cm³/mol. The van der Waals surface area contributed by atoms with Gasteiger partial charge in [-0.2, -0.15) is 24.9 Å². The number of nitrogens with zero attached hydrogens (tertiary/aromatic N) is 1. The second kappa shape index (κ2) is 11.1. The number of alkyl halides is 3. The summed E-state index contributed by atoms with van der Waals surface area (Å²) in [6.07, 6.45) is -3.13. The Morgan fingerprint density at radius 2 is 1.87 bits per heavy atom. The van der Waals surface area contributed by atoms with Crippen molar-refractivity contribution >= 4 is 45.0 Å². The highest BCUT2D eigenvalue weighted by atomic mass is 35.5. The van der Waals surface area contributed by atoms with Gasteiger partial charge in [0.2, 0.25) is 15.9 Å². The molecule has 0 spiro atoms. The van der Waals surface area contributed by atoms with E-state index in [4.69, 9.17) is 11.6 Å². The van der Waals surface area contributed by atoms with E-state index in [1.807, 2.05) is 18.2 Å². The molecule has 0 atom stereocenters. The molecule has 0 aliphatic heterocycles. The summed E-state index contributed by atoms with van der Waals surface area (Å²) < 4.78 is 63.6. The summed E-state index contributed by atoms with van der Waals surface area (Å²) in [7, 11) is -3.96. The van der Waals surface area contributed by atoms with E-state index in [2.05, 4.69) is 5.32 Å². The quantitative estimate of drug-likeness (QED) is 0.491. The Kier molecular flexibility index (Phi) is 9.08. The number of amides is 1. The molecular formula is C20H22ClF3N2O3S2. The number of benzene rings is 2. The van der Waals surface area contributed by atoms with Crippen molar-refractivity contribution in [1.29, 1.82) is 0 Å². The molecule has 31 heavy (non-hydrogen) atoms. The largest absolute Gasteiger partial charge is 0.416 e. The van der Waals surface area contributed by atoms with Gasteiger partial charge in [-0.1, -0.05) is 29.8 Å². The number of rotatable bonds is 10. The first kappa shape index (κ1) is 25.4. The molecule has 2 aromatic rings. The van der Waals surface area contributed by atoms with Crippen molar-refractivity contribution in [3.8, 4) is 0 Å². The Morgan fingerprint density at radius 1 is 1.16 bits per heavy atom. The summed E-state index contributed by atoms with van der Waals surface area (Å²) in [5.74, 6) is 0.935. The molecule has 0 radical (unpaired) electrons. The van der Waals surface area contributed by atoms with Gasteiger partial charge in [-0.05, 0) is 48.1 Å². The van der Waals surface area contributed by atoms with Gasteiger partial charge >= 0.3 is 6.18 Å². The third kappa shape index (κ3) is 8.62. The van der Waals surface area contributed by atoms with Gasteiger partial charge in [-0.3, -0.25) is 9.10 Å². The summed E-state index contributed by atoms with van der Waals surface area (Å²) in [4.78, 5) is 12.2. The van der Waals surface area contributed by atoms with Crippen molar-refractivity contribution in [1.82, 2.24) is 5.32 Å². The number of hydrogen-bond acceptors (Lipinski definition) is 4. The zero-order valence-corrected chi connectivity index (χ0v) is 19.0. The zero-order chi connectivity index (χ0) is 23.1. The molecule has 0 fully saturated rings. The van der Waals surface area contributed by atoms with E-state index in [0.717, 1.165) is 35.5 Å². The second-order valence-electron chi connectivity index (χ2n) is 6.70. The van der Waals surface area contributed by atoms with E-state index in [-0.39, 0.29) is 5.69 Å². The Balaban J connectivity index is 1.85. The molecule has 170 valence electrons. The molecule has 0 saturated heterocycles. The van der Waals surface area contributed by atoms with Crippen molar-refractivity contribution < 1.29 is 26.4 Å². The molecule has 0 heterocycles. The molecule has 0 bridgehead atoms. The highest BCUT2D eigenvalue weighted by Gasteiger charge is 2.31. The summed E-state index contributed by atoms with van der Waals surface area (Å²) in [6.45, 7) is -0.280. The van der Waals surface area contributed by atoms with Gasteiger partial charge in [0, 0.05) is 17.3 Å². The van der Waals surface area contributed by atoms with Crippen LogP contribution in [0.2, 0.25) is 5.02 Å². The average Bonchev–Trinajstić information content (AvgIpc) is 2.67. The van der Waals surface area contributed by atoms with E-state index in [1.54, 1.807) is 17.8 Å². The van der Waals surface area contributed by atoms with E-state index in [0.29, 0.717) is 28.4 Å². The van der Waals surface area contributed by atoms with E-state index < -0.39 is 34.2 Å². The Bertz CT molecular complexity index is 1000. The Morgan fingerprint density at radius 3 is 2.52 bits per heavy atom. The first-order valence-electron chi connectivity index (χ1n) is 9.20. The smallest absolute Gasteiger partial charge is 0.354 e. The normalized spacial score (nSPS) is 11.9. The van der Waals surface area contributed by atoms with Gasteiger partial charge in [0.15, 0.2) is 0 Å². The maximum absolute atomic E-state index is 12.9. The molecule has 0 saturated carbocycles. The fraction of sp³-hybridized carbons (Fsp3) is 0.350. The molecule has 5 nitrogen and oxygen atoms in total. The van der Waals surface area contributed by atoms with Crippen LogP contribution in [0, 0.1) is 0 Å². The second-order valence-corrected chi connectivity index (χ2v) is 10.2. The Hall–Kier alpha value is -1.91. The third-order valence-electron chi connectivity index (χ3n) is 4.09. The minimum absolute atomic E-state index is 0.218. The lowest BCUT2D eigenvalue weighted by atomic mass is 10.2. The van der Waals surface area contributed by atoms with Crippen molar-refractivity contribution in [2.45, 2.75) is 18.3 Å². The first-order chi connectivity index (χ1) is 14.5. The number of halogens is 4. The number of sulfonamides is 1. The molecule has 0 aliphatic carbocycles. The SMILES string of the molecule is CS(=O)(=O)N(CC(=O)NCCCSCc1cccc(Cl)c1)c1cccc(C(F)(F)F)c1. The van der Waals surface area contributed by atoms with Gasteiger partial charge in [0.05, 0.1) is 17.5 Å². The highest BCUT2D eigenvalue weighted by Crippen LogP contribution is 2.32. The summed E-state index contributed by atoms with van der Waals surface area (Å²) in [6, 6.07) is 11.4. The fourth-order valence-electron chi connectivity index (χ4n) is 2.64. The molecular weight excluding hydrogens is 473 g/mol. The van der Waals surface area contributed by atoms with Crippen LogP contribution in [0.3, 0.4) is 0 Å². The number of hydrogen-bond donors (Lipinski definition) is 1. The van der Waals surface area contributed by atoms with Crippen LogP contribution in [0.15, 0.2) is 48.5 Å². The van der Waals surface area contributed by atoms with Crippen LogP contribution in [0.5, 0.6) is 0 Å². The lowest BCUT2D eigenvalue weighted by molar-refractivity contribution is -0.137. The molecule has 11 heteroatoms. The molecule has 0 unspecified atom stereocenters. The van der Waals surface area contributed by atoms with Crippen molar-refractivity contribution in [2.24, 2.45) is 0 Å². The predicted octanol–water partition coefficient (Wildman–Crippen LogP) is 4.56. The van der Waals surface area contributed by atoms with Gasteiger partial charge in [0.25, 0.3) is 0 Å². The number of nitrogens with one attached hydrogen (secondary N) is 1. The van der Waals surface area contributed by atoms with Crippen molar-refractivity contribution in [3.05, 3.63) is 64.7 Å². The molecule has 0 aromatic heterocycles. The lowest BCUT2D eigenvalue weighted by Gasteiger charge is -2.22. The van der Waals surface area contributed by atoms with E-state index >= 15 is 0 Å². The van der Waals surface area contributed by atoms with Crippen LogP contribution >= 0.6 is 23.4 Å². The first-order valence-corrected chi connectivity index (χ1v) is 12.6. The topological polar surface area (TPSA) is 66.5 Å². The van der Waals surface area contributed by atoms with Crippen LogP contribution in [0.25, 0.3) is 0 Å². The van der Waals surface area contributed by atoms with Gasteiger partial charge < -0.3 is 5.32 Å². The summed E-state index contributed by atoms with van der Waals surface area (Å²) in [5.41, 5.74) is -0.119. The maximum Gasteiger partial charge on any atom is 0.416 e. The van der Waals surface area contributed by atoms with Crippen LogP contribution in [0.1, 0.15) is 17.5 Å². The lowest BCUT2D eigenvalue weighted by Crippen LogP contribution is -2.40. The molecule has 2 rings (SSSR count). The minimum atomic E-state index is -4.62. The van der Waals surface area contributed by atoms with Crippen molar-refractivity contribution in [3.63, 3.8) is 0 Å². The monoisotopic (exact) mass is 494 g/mol. The summed E-state index contributed by atoms with van der Waals surface area (Å²) in [5, 5.41) is 3.27. The molecule has 2 aromatic carbocycles. The third-order valence-corrected chi connectivity index (χ3v) is 6.58. The van der Waals surface area contributed by atoms with Gasteiger partial charge in [-0.15, -0.1) is 0 Å². The van der Waals surface area contributed by atoms with Crippen LogP contribution in [-0.2, 0) is 26.7 Å². The number of thioether (sulfide) groups is 1. The number of anilines is 1. The highest BCUT2D eigenvalue weighted by molar-refractivity contribution is 7.98. The van der Waals surface area contributed by atoms with Crippen LogP contribution in [0.4, 0.5) is 18.9 Å². The standard InChI is InChI=1S/C20H22ClF3N2O3S2/c1-31(28,29)26(18-8-3-6-16(12-18)20(22,23)24)13-19(27)25-9-4-10-30-14-15-5-2-7-17(21)11-15/h2-3,5-8,11-12H,4,9-10,13-14H2,1H3,(H,25,27). The van der Waals surface area contributed by atoms with E-state index in [9.17, 15) is 26.4 Å². The van der Waals surface area contributed by atoms with Crippen LogP contribution in [-0.4, -0.2) is 39.4 Å². The number of carbonyl (C=O) groups excluding carboxylic acids is 1. The molecule has 0 aliphatic rings. The average molecular weight is 495 g/mol. The summed E-state index contributed by atoms with van der Waals surface area (Å²) >= 11 is 7.59.